The minimum absolute atomic E-state index is 0.193. The largest absolute Gasteiger partial charge is 0.385 e. The van der Waals surface area contributed by atoms with Gasteiger partial charge in [-0.1, -0.05) is 12.1 Å². The van der Waals surface area contributed by atoms with Gasteiger partial charge in [0.05, 0.1) is 0 Å². The van der Waals surface area contributed by atoms with E-state index in [4.69, 9.17) is 0 Å². The summed E-state index contributed by atoms with van der Waals surface area (Å²) in [5, 5.41) is 6.50. The lowest BCUT2D eigenvalue weighted by atomic mass is 10.1. The van der Waals surface area contributed by atoms with Crippen molar-refractivity contribution in [3.05, 3.63) is 54.0 Å². The van der Waals surface area contributed by atoms with Crippen molar-refractivity contribution in [2.75, 3.05) is 23.7 Å². The lowest BCUT2D eigenvalue weighted by molar-refractivity contribution is 0.627. The number of hydrogen-bond donors (Lipinski definition) is 2. The highest BCUT2D eigenvalue weighted by molar-refractivity contribution is 5.51. The molecule has 4 heteroatoms. The van der Waals surface area contributed by atoms with Crippen LogP contribution < -0.4 is 10.6 Å². The summed E-state index contributed by atoms with van der Waals surface area (Å²) in [6.45, 7) is 3.70. The van der Waals surface area contributed by atoms with Gasteiger partial charge in [0.25, 0.3) is 0 Å². The second-order valence-electron chi connectivity index (χ2n) is 4.26. The van der Waals surface area contributed by atoms with Crippen LogP contribution in [0.5, 0.6) is 0 Å². The van der Waals surface area contributed by atoms with E-state index in [9.17, 15) is 4.39 Å². The summed E-state index contributed by atoms with van der Waals surface area (Å²) in [6, 6.07) is 10.5. The number of anilines is 2. The zero-order valence-electron chi connectivity index (χ0n) is 11.0. The molecular formula is C15H18FN3. The normalized spacial score (nSPS) is 10.2. The standard InChI is InChI=1S/C15H18FN3/c1-2-17-15-11-14(8-10-19-15)18-9-7-12-3-5-13(16)6-4-12/h3-6,8,10-11H,2,7,9H2,1H3,(H2,17,18,19). The number of aromatic nitrogens is 1. The minimum Gasteiger partial charge on any atom is -0.385 e. The van der Waals surface area contributed by atoms with Gasteiger partial charge < -0.3 is 10.6 Å². The summed E-state index contributed by atoms with van der Waals surface area (Å²) in [5.41, 5.74) is 2.16. The van der Waals surface area contributed by atoms with Gasteiger partial charge in [-0.15, -0.1) is 0 Å². The fourth-order valence-corrected chi connectivity index (χ4v) is 1.82. The van der Waals surface area contributed by atoms with Crippen molar-refractivity contribution in [3.8, 4) is 0 Å². The minimum atomic E-state index is -0.193. The third-order valence-corrected chi connectivity index (χ3v) is 2.77. The first-order valence-corrected chi connectivity index (χ1v) is 6.46. The first-order chi connectivity index (χ1) is 9.28. The third-order valence-electron chi connectivity index (χ3n) is 2.77. The van der Waals surface area contributed by atoms with Crippen LogP contribution in [-0.4, -0.2) is 18.1 Å². The predicted molar refractivity (Wildman–Crippen MR) is 77.0 cm³/mol. The molecule has 0 atom stereocenters. The molecule has 0 radical (unpaired) electrons. The molecule has 0 saturated carbocycles. The molecule has 0 aliphatic carbocycles. The Kier molecular flexibility index (Phi) is 4.72. The quantitative estimate of drug-likeness (QED) is 0.835. The van der Waals surface area contributed by atoms with Crippen molar-refractivity contribution in [2.24, 2.45) is 0 Å². The van der Waals surface area contributed by atoms with Crippen LogP contribution in [0.25, 0.3) is 0 Å². The van der Waals surface area contributed by atoms with Crippen molar-refractivity contribution in [1.82, 2.24) is 4.98 Å². The molecule has 19 heavy (non-hydrogen) atoms. The zero-order valence-corrected chi connectivity index (χ0v) is 11.0. The van der Waals surface area contributed by atoms with Crippen LogP contribution in [-0.2, 0) is 6.42 Å². The Morgan fingerprint density at radius 1 is 1.11 bits per heavy atom. The molecular weight excluding hydrogens is 241 g/mol. The summed E-state index contributed by atoms with van der Waals surface area (Å²) < 4.78 is 12.8. The molecule has 0 aliphatic rings. The summed E-state index contributed by atoms with van der Waals surface area (Å²) >= 11 is 0. The fourth-order valence-electron chi connectivity index (χ4n) is 1.82. The topological polar surface area (TPSA) is 37.0 Å². The highest BCUT2D eigenvalue weighted by atomic mass is 19.1. The Hall–Kier alpha value is -2.10. The Balaban J connectivity index is 1.85. The van der Waals surface area contributed by atoms with Crippen molar-refractivity contribution in [3.63, 3.8) is 0 Å². The van der Waals surface area contributed by atoms with Gasteiger partial charge >= 0.3 is 0 Å². The van der Waals surface area contributed by atoms with Gasteiger partial charge in [-0.25, -0.2) is 9.37 Å². The van der Waals surface area contributed by atoms with E-state index in [2.05, 4.69) is 15.6 Å². The van der Waals surface area contributed by atoms with E-state index in [1.54, 1.807) is 6.20 Å². The smallest absolute Gasteiger partial charge is 0.127 e. The second kappa shape index (κ2) is 6.73. The first-order valence-electron chi connectivity index (χ1n) is 6.46. The molecule has 0 saturated heterocycles. The van der Waals surface area contributed by atoms with Crippen LogP contribution in [0.15, 0.2) is 42.6 Å². The highest BCUT2D eigenvalue weighted by Crippen LogP contribution is 2.12. The average Bonchev–Trinajstić information content (AvgIpc) is 2.42. The molecule has 0 unspecified atom stereocenters. The van der Waals surface area contributed by atoms with Crippen molar-refractivity contribution in [2.45, 2.75) is 13.3 Å². The van der Waals surface area contributed by atoms with Gasteiger partial charge in [-0.05, 0) is 37.1 Å². The van der Waals surface area contributed by atoms with Crippen molar-refractivity contribution < 1.29 is 4.39 Å². The number of nitrogens with one attached hydrogen (secondary N) is 2. The highest BCUT2D eigenvalue weighted by Gasteiger charge is 1.97. The van der Waals surface area contributed by atoms with Gasteiger partial charge in [0.15, 0.2) is 0 Å². The van der Waals surface area contributed by atoms with Crippen LogP contribution in [0.1, 0.15) is 12.5 Å². The summed E-state index contributed by atoms with van der Waals surface area (Å²) in [4.78, 5) is 4.21. The van der Waals surface area contributed by atoms with Crippen LogP contribution >= 0.6 is 0 Å². The van der Waals surface area contributed by atoms with Gasteiger partial charge in [0.2, 0.25) is 0 Å². The summed E-state index contributed by atoms with van der Waals surface area (Å²) in [6.07, 6.45) is 2.64. The molecule has 2 N–H and O–H groups in total. The Morgan fingerprint density at radius 3 is 2.63 bits per heavy atom. The molecule has 1 heterocycles. The molecule has 2 rings (SSSR count). The van der Waals surface area contributed by atoms with Crippen LogP contribution in [0.3, 0.4) is 0 Å². The second-order valence-corrected chi connectivity index (χ2v) is 4.26. The van der Waals surface area contributed by atoms with E-state index in [-0.39, 0.29) is 5.82 Å². The van der Waals surface area contributed by atoms with E-state index < -0.39 is 0 Å². The molecule has 0 aliphatic heterocycles. The number of rotatable bonds is 6. The van der Waals surface area contributed by atoms with Crippen molar-refractivity contribution in [1.29, 1.82) is 0 Å². The maximum Gasteiger partial charge on any atom is 0.127 e. The number of benzene rings is 1. The average molecular weight is 259 g/mol. The molecule has 2 aromatic rings. The molecule has 0 bridgehead atoms. The van der Waals surface area contributed by atoms with E-state index in [1.165, 1.54) is 12.1 Å². The van der Waals surface area contributed by atoms with E-state index in [0.717, 1.165) is 36.6 Å². The number of hydrogen-bond acceptors (Lipinski definition) is 3. The molecule has 1 aromatic heterocycles. The molecule has 0 fully saturated rings. The molecule has 3 nitrogen and oxygen atoms in total. The van der Waals surface area contributed by atoms with E-state index in [0.29, 0.717) is 0 Å². The first kappa shape index (κ1) is 13.3. The lowest BCUT2D eigenvalue weighted by Gasteiger charge is -2.08. The van der Waals surface area contributed by atoms with Gasteiger partial charge in [0, 0.05) is 31.0 Å². The number of halogens is 1. The predicted octanol–water partition coefficient (Wildman–Crippen LogP) is 3.31. The molecule has 1 aromatic carbocycles. The van der Waals surface area contributed by atoms with Gasteiger partial charge in [-0.3, -0.25) is 0 Å². The van der Waals surface area contributed by atoms with E-state index in [1.807, 2.05) is 31.2 Å². The zero-order chi connectivity index (χ0) is 13.5. The third kappa shape index (κ3) is 4.25. The molecule has 0 amide bonds. The Morgan fingerprint density at radius 2 is 1.89 bits per heavy atom. The van der Waals surface area contributed by atoms with E-state index >= 15 is 0 Å². The van der Waals surface area contributed by atoms with Crippen LogP contribution in [0, 0.1) is 5.82 Å². The van der Waals surface area contributed by atoms with Crippen molar-refractivity contribution >= 4 is 11.5 Å². The van der Waals surface area contributed by atoms with Crippen LogP contribution in [0.4, 0.5) is 15.9 Å². The maximum atomic E-state index is 12.8. The van der Waals surface area contributed by atoms with Gasteiger partial charge in [-0.2, -0.15) is 0 Å². The summed E-state index contributed by atoms with van der Waals surface area (Å²) in [5.74, 6) is 0.676. The monoisotopic (exact) mass is 259 g/mol. The fraction of sp³-hybridized carbons (Fsp3) is 0.267. The maximum absolute atomic E-state index is 12.8. The Labute approximate surface area is 112 Å². The van der Waals surface area contributed by atoms with Crippen LogP contribution in [0.2, 0.25) is 0 Å². The Bertz CT molecular complexity index is 511. The van der Waals surface area contributed by atoms with Gasteiger partial charge in [0.1, 0.15) is 11.6 Å². The summed E-state index contributed by atoms with van der Waals surface area (Å²) in [7, 11) is 0. The SMILES string of the molecule is CCNc1cc(NCCc2ccc(F)cc2)ccn1. The number of pyridine rings is 1. The molecule has 100 valence electrons. The lowest BCUT2D eigenvalue weighted by Crippen LogP contribution is -2.06. The molecule has 0 spiro atoms. The number of nitrogens with zero attached hydrogens (tertiary/aromatic N) is 1.